The summed E-state index contributed by atoms with van der Waals surface area (Å²) >= 11 is 0. The molecule has 2 aromatic heterocycles. The molecule has 0 fully saturated rings. The third-order valence-corrected chi connectivity index (χ3v) is 9.08. The maximum Gasteiger partial charge on any atom is 0.345 e. The van der Waals surface area contributed by atoms with Crippen LogP contribution in [0.3, 0.4) is 0 Å². The van der Waals surface area contributed by atoms with Crippen molar-refractivity contribution in [2.45, 2.75) is 52.6 Å². The lowest BCUT2D eigenvalue weighted by Crippen LogP contribution is -2.36. The first-order valence-electron chi connectivity index (χ1n) is 18.5. The van der Waals surface area contributed by atoms with E-state index in [-0.39, 0.29) is 0 Å². The van der Waals surface area contributed by atoms with Crippen molar-refractivity contribution < 1.29 is 28.1 Å². The molecule has 0 N–H and O–H groups in total. The SMILES string of the molecule is CCCCn1cc[n+](C)c1/C(=N/c1ccc(Oc2ccc(-c3ccc(Oc4ccc(/N=C(\OC)c5n(CCCC)cc[n+]5C)cc4)cc3)cc2)cc1)OC. The molecule has 4 aromatic carbocycles. The van der Waals surface area contributed by atoms with Gasteiger partial charge in [-0.25, -0.2) is 28.3 Å². The van der Waals surface area contributed by atoms with Gasteiger partial charge in [0.05, 0.1) is 52.8 Å². The molecule has 0 saturated carbocycles. The van der Waals surface area contributed by atoms with Crippen LogP contribution >= 0.6 is 0 Å². The molecule has 2 heterocycles. The standard InChI is InChI=1S/C44H50N6O4/c1-7-9-27-49-31-29-47(3)43(49)41(51-5)45-35-15-23-39(24-16-35)53-37-19-11-33(12-20-37)34-13-21-38(22-14-34)54-40-25-17-36(18-26-40)46-42(52-6)44-48(4)30-32-50(44)28-10-8-2/h11-26,29-32H,7-10,27-28H2,1-6H3/q+2/b45-41-,46-42-. The van der Waals surface area contributed by atoms with Crippen LogP contribution in [-0.2, 0) is 36.7 Å². The predicted molar refractivity (Wildman–Crippen MR) is 212 cm³/mol. The number of hydrogen-bond donors (Lipinski definition) is 0. The van der Waals surface area contributed by atoms with Gasteiger partial charge in [-0.1, -0.05) is 51.0 Å². The molecule has 0 spiro atoms. The van der Waals surface area contributed by atoms with Crippen molar-refractivity contribution in [3.8, 4) is 34.1 Å². The summed E-state index contributed by atoms with van der Waals surface area (Å²) in [6, 6.07) is 31.5. The van der Waals surface area contributed by atoms with Crippen LogP contribution in [0.4, 0.5) is 11.4 Å². The zero-order chi connectivity index (χ0) is 37.9. The molecule has 6 aromatic rings. The summed E-state index contributed by atoms with van der Waals surface area (Å²) in [7, 11) is 7.32. The molecular weight excluding hydrogens is 677 g/mol. The minimum atomic E-state index is 0.568. The van der Waals surface area contributed by atoms with Crippen LogP contribution in [0.5, 0.6) is 23.0 Å². The normalized spacial score (nSPS) is 11.8. The molecule has 54 heavy (non-hydrogen) atoms. The Morgan fingerprint density at radius 2 is 0.852 bits per heavy atom. The number of nitrogens with zero attached hydrogens (tertiary/aromatic N) is 6. The van der Waals surface area contributed by atoms with Crippen LogP contribution in [0.2, 0.25) is 0 Å². The van der Waals surface area contributed by atoms with Gasteiger partial charge in [-0.15, -0.1) is 0 Å². The summed E-state index contributed by atoms with van der Waals surface area (Å²) in [5, 5.41) is 0. The molecular formula is C44H50N6O4+2. The molecule has 0 aliphatic heterocycles. The number of rotatable bonds is 15. The number of aryl methyl sites for hydroxylation is 4. The Kier molecular flexibility index (Phi) is 12.6. The van der Waals surface area contributed by atoms with Crippen molar-refractivity contribution in [2.75, 3.05) is 14.2 Å². The van der Waals surface area contributed by atoms with Crippen molar-refractivity contribution >= 4 is 23.2 Å². The van der Waals surface area contributed by atoms with Crippen LogP contribution < -0.4 is 18.6 Å². The van der Waals surface area contributed by atoms with E-state index in [1.54, 1.807) is 14.2 Å². The Hall–Kier alpha value is -6.16. The molecule has 0 atom stereocenters. The minimum Gasteiger partial charge on any atom is -0.475 e. The van der Waals surface area contributed by atoms with E-state index < -0.39 is 0 Å². The van der Waals surface area contributed by atoms with E-state index >= 15 is 0 Å². The van der Waals surface area contributed by atoms with Gasteiger partial charge in [0, 0.05) is 0 Å². The lowest BCUT2D eigenvalue weighted by Gasteiger charge is -2.09. The average molecular weight is 727 g/mol. The van der Waals surface area contributed by atoms with Crippen molar-refractivity contribution in [3.05, 3.63) is 133 Å². The van der Waals surface area contributed by atoms with E-state index in [1.807, 2.05) is 108 Å². The van der Waals surface area contributed by atoms with Gasteiger partial charge < -0.3 is 18.9 Å². The predicted octanol–water partition coefficient (Wildman–Crippen LogP) is 9.24. The number of imidazole rings is 2. The van der Waals surface area contributed by atoms with E-state index in [1.165, 1.54) is 0 Å². The fourth-order valence-corrected chi connectivity index (χ4v) is 6.10. The molecule has 0 unspecified atom stereocenters. The van der Waals surface area contributed by atoms with Crippen molar-refractivity contribution in [1.29, 1.82) is 0 Å². The first kappa shape index (κ1) is 37.6. The topological polar surface area (TPSA) is 79.3 Å². The highest BCUT2D eigenvalue weighted by atomic mass is 16.5. The van der Waals surface area contributed by atoms with Gasteiger partial charge in [0.1, 0.15) is 47.8 Å². The van der Waals surface area contributed by atoms with E-state index in [2.05, 4.69) is 59.6 Å². The second-order valence-corrected chi connectivity index (χ2v) is 13.0. The molecule has 0 saturated heterocycles. The highest BCUT2D eigenvalue weighted by molar-refractivity contribution is 5.92. The van der Waals surface area contributed by atoms with Crippen LogP contribution in [0.15, 0.2) is 132 Å². The quantitative estimate of drug-likeness (QED) is 0.0601. The monoisotopic (exact) mass is 726 g/mol. The number of ether oxygens (including phenoxy) is 4. The summed E-state index contributed by atoms with van der Waals surface area (Å²) in [4.78, 5) is 9.57. The Morgan fingerprint density at radius 1 is 0.519 bits per heavy atom. The zero-order valence-electron chi connectivity index (χ0n) is 32.1. The smallest absolute Gasteiger partial charge is 0.345 e. The number of unbranched alkanes of at least 4 members (excludes halogenated alkanes) is 2. The number of benzene rings is 4. The van der Waals surface area contributed by atoms with Crippen molar-refractivity contribution in [3.63, 3.8) is 0 Å². The van der Waals surface area contributed by atoms with Gasteiger partial charge in [-0.3, -0.25) is 0 Å². The molecule has 278 valence electrons. The van der Waals surface area contributed by atoms with E-state index in [0.29, 0.717) is 11.8 Å². The number of aromatic nitrogens is 4. The van der Waals surface area contributed by atoms with Gasteiger partial charge in [-0.2, -0.15) is 0 Å². The number of methoxy groups -OCH3 is 2. The molecule has 10 heteroatoms. The highest BCUT2D eigenvalue weighted by Gasteiger charge is 2.23. The summed E-state index contributed by atoms with van der Waals surface area (Å²) in [6.45, 7) is 6.21. The zero-order valence-corrected chi connectivity index (χ0v) is 32.1. The third-order valence-electron chi connectivity index (χ3n) is 9.08. The lowest BCUT2D eigenvalue weighted by molar-refractivity contribution is -0.673. The van der Waals surface area contributed by atoms with Crippen LogP contribution in [0, 0.1) is 0 Å². The highest BCUT2D eigenvalue weighted by Crippen LogP contribution is 2.30. The van der Waals surface area contributed by atoms with Gasteiger partial charge in [0.25, 0.3) is 0 Å². The molecule has 10 nitrogen and oxygen atoms in total. The molecule has 6 rings (SSSR count). The van der Waals surface area contributed by atoms with Gasteiger partial charge >= 0.3 is 23.4 Å². The largest absolute Gasteiger partial charge is 0.475 e. The Bertz CT molecular complexity index is 2010. The molecule has 0 amide bonds. The fourth-order valence-electron chi connectivity index (χ4n) is 6.10. The minimum absolute atomic E-state index is 0.568. The average Bonchev–Trinajstić information content (AvgIpc) is 3.76. The fraction of sp³-hybridized carbons (Fsp3) is 0.273. The molecule has 0 radical (unpaired) electrons. The van der Waals surface area contributed by atoms with Crippen LogP contribution in [-0.4, -0.2) is 35.1 Å². The van der Waals surface area contributed by atoms with E-state index in [9.17, 15) is 0 Å². The molecule has 0 aliphatic carbocycles. The van der Waals surface area contributed by atoms with Crippen molar-refractivity contribution in [2.24, 2.45) is 24.1 Å². The van der Waals surface area contributed by atoms with E-state index in [4.69, 9.17) is 28.9 Å². The van der Waals surface area contributed by atoms with Crippen molar-refractivity contribution in [1.82, 2.24) is 9.13 Å². The summed E-state index contributed by atoms with van der Waals surface area (Å²) in [5.41, 5.74) is 3.72. The summed E-state index contributed by atoms with van der Waals surface area (Å²) in [5.74, 6) is 5.95. The summed E-state index contributed by atoms with van der Waals surface area (Å²) < 4.78 is 32.1. The third kappa shape index (κ3) is 9.25. The molecule has 0 bridgehead atoms. The van der Waals surface area contributed by atoms with Crippen LogP contribution in [0.25, 0.3) is 11.1 Å². The van der Waals surface area contributed by atoms with Gasteiger partial charge in [0.2, 0.25) is 0 Å². The first-order valence-corrected chi connectivity index (χ1v) is 18.5. The second kappa shape index (κ2) is 18.1. The maximum absolute atomic E-state index is 6.15. The Morgan fingerprint density at radius 3 is 1.17 bits per heavy atom. The lowest BCUT2D eigenvalue weighted by atomic mass is 10.1. The first-order chi connectivity index (χ1) is 26.4. The second-order valence-electron chi connectivity index (χ2n) is 13.0. The Balaban J connectivity index is 1.05. The van der Waals surface area contributed by atoms with E-state index in [0.717, 1.165) is 95.9 Å². The Labute approximate surface area is 318 Å². The number of aliphatic imine (C=N–C) groups is 2. The van der Waals surface area contributed by atoms with Gasteiger partial charge in [-0.05, 0) is 96.8 Å². The summed E-state index contributed by atoms with van der Waals surface area (Å²) in [6.07, 6.45) is 12.6. The molecule has 0 aliphatic rings. The van der Waals surface area contributed by atoms with Gasteiger partial charge in [0.15, 0.2) is 0 Å². The van der Waals surface area contributed by atoms with Crippen LogP contribution in [0.1, 0.15) is 51.2 Å². The number of hydrogen-bond acceptors (Lipinski definition) is 6. The maximum atomic E-state index is 6.15.